The van der Waals surface area contributed by atoms with Gasteiger partial charge in [0.05, 0.1) is 0 Å². The summed E-state index contributed by atoms with van der Waals surface area (Å²) < 4.78 is 13.1. The molecule has 0 aliphatic carbocycles. The van der Waals surface area contributed by atoms with Crippen molar-refractivity contribution < 1.29 is 4.39 Å². The van der Waals surface area contributed by atoms with Crippen LogP contribution in [-0.4, -0.2) is 7.05 Å². The van der Waals surface area contributed by atoms with E-state index in [0.29, 0.717) is 6.04 Å². The number of benzene rings is 1. The van der Waals surface area contributed by atoms with Crippen molar-refractivity contribution in [3.63, 3.8) is 0 Å². The van der Waals surface area contributed by atoms with Gasteiger partial charge in [0.1, 0.15) is 5.82 Å². The third-order valence-corrected chi connectivity index (χ3v) is 2.66. The van der Waals surface area contributed by atoms with Crippen LogP contribution in [-0.2, 0) is 0 Å². The highest BCUT2D eigenvalue weighted by Crippen LogP contribution is 2.24. The van der Waals surface area contributed by atoms with E-state index in [-0.39, 0.29) is 5.82 Å². The normalized spacial score (nSPS) is 12.9. The molecule has 78 valence electrons. The molecule has 14 heavy (non-hydrogen) atoms. The Morgan fingerprint density at radius 1 is 1.29 bits per heavy atom. The zero-order chi connectivity index (χ0) is 10.7. The van der Waals surface area contributed by atoms with Crippen molar-refractivity contribution in [2.24, 2.45) is 0 Å². The maximum atomic E-state index is 13.1. The zero-order valence-corrected chi connectivity index (χ0v) is 9.32. The van der Waals surface area contributed by atoms with Gasteiger partial charge in [-0.3, -0.25) is 0 Å². The molecule has 0 aliphatic heterocycles. The van der Waals surface area contributed by atoms with E-state index in [9.17, 15) is 4.39 Å². The van der Waals surface area contributed by atoms with E-state index >= 15 is 0 Å². The van der Waals surface area contributed by atoms with Crippen LogP contribution in [0.2, 0.25) is 0 Å². The van der Waals surface area contributed by atoms with Gasteiger partial charge in [0, 0.05) is 6.04 Å². The Morgan fingerprint density at radius 2 is 1.79 bits per heavy atom. The van der Waals surface area contributed by atoms with E-state index in [1.54, 1.807) is 12.1 Å². The Balaban J connectivity index is 3.19. The number of nitrogens with one attached hydrogen (secondary N) is 1. The minimum Gasteiger partial charge on any atom is -0.313 e. The van der Waals surface area contributed by atoms with E-state index in [4.69, 9.17) is 0 Å². The molecule has 1 unspecified atom stereocenters. The second-order valence-corrected chi connectivity index (χ2v) is 3.70. The van der Waals surface area contributed by atoms with Crippen LogP contribution in [0.3, 0.4) is 0 Å². The Bertz CT molecular complexity index is 293. The Hall–Kier alpha value is -0.890. The summed E-state index contributed by atoms with van der Waals surface area (Å²) in [5.74, 6) is -0.144. The lowest BCUT2D eigenvalue weighted by molar-refractivity contribution is 0.565. The highest BCUT2D eigenvalue weighted by molar-refractivity contribution is 5.36. The molecule has 0 saturated heterocycles. The van der Waals surface area contributed by atoms with Crippen LogP contribution in [0.5, 0.6) is 0 Å². The van der Waals surface area contributed by atoms with Gasteiger partial charge < -0.3 is 5.32 Å². The lowest BCUT2D eigenvalue weighted by Crippen LogP contribution is -2.17. The first kappa shape index (κ1) is 11.2. The minimum absolute atomic E-state index is 0.144. The maximum absolute atomic E-state index is 13.1. The quantitative estimate of drug-likeness (QED) is 0.781. The fourth-order valence-electron chi connectivity index (χ4n) is 2.02. The molecule has 2 heteroatoms. The Morgan fingerprint density at radius 3 is 2.14 bits per heavy atom. The summed E-state index contributed by atoms with van der Waals surface area (Å²) in [7, 11) is 1.94. The van der Waals surface area contributed by atoms with Gasteiger partial charge in [0.25, 0.3) is 0 Å². The summed E-state index contributed by atoms with van der Waals surface area (Å²) in [5.41, 5.74) is 3.30. The van der Waals surface area contributed by atoms with Crippen molar-refractivity contribution in [2.75, 3.05) is 7.05 Å². The van der Waals surface area contributed by atoms with Crippen molar-refractivity contribution >= 4 is 0 Å². The lowest BCUT2D eigenvalue weighted by atomic mass is 9.94. The van der Waals surface area contributed by atoms with E-state index in [1.807, 2.05) is 20.9 Å². The molecule has 0 saturated carbocycles. The molecule has 1 aromatic rings. The average molecular weight is 195 g/mol. The van der Waals surface area contributed by atoms with Gasteiger partial charge in [0.15, 0.2) is 0 Å². The smallest absolute Gasteiger partial charge is 0.123 e. The molecular formula is C12H18FN. The Kier molecular flexibility index (Phi) is 3.64. The van der Waals surface area contributed by atoms with E-state index < -0.39 is 0 Å². The average Bonchev–Trinajstić information content (AvgIpc) is 2.10. The summed E-state index contributed by atoms with van der Waals surface area (Å²) in [6.45, 7) is 6.06. The maximum Gasteiger partial charge on any atom is 0.123 e. The molecule has 0 heterocycles. The second-order valence-electron chi connectivity index (χ2n) is 3.70. The van der Waals surface area contributed by atoms with Crippen LogP contribution >= 0.6 is 0 Å². The summed E-state index contributed by atoms with van der Waals surface area (Å²) in [5, 5.41) is 3.25. The third kappa shape index (κ3) is 2.13. The molecule has 1 aromatic carbocycles. The van der Waals surface area contributed by atoms with Crippen molar-refractivity contribution in [1.29, 1.82) is 0 Å². The van der Waals surface area contributed by atoms with Crippen LogP contribution in [0.25, 0.3) is 0 Å². The second kappa shape index (κ2) is 4.56. The van der Waals surface area contributed by atoms with Gasteiger partial charge in [-0.05, 0) is 56.1 Å². The molecule has 0 radical (unpaired) electrons. The van der Waals surface area contributed by atoms with Crippen molar-refractivity contribution in [2.45, 2.75) is 33.2 Å². The van der Waals surface area contributed by atoms with Gasteiger partial charge in [-0.15, -0.1) is 0 Å². The van der Waals surface area contributed by atoms with E-state index in [2.05, 4.69) is 12.2 Å². The minimum atomic E-state index is -0.144. The predicted octanol–water partition coefficient (Wildman–Crippen LogP) is 3.11. The molecule has 1 atom stereocenters. The van der Waals surface area contributed by atoms with E-state index in [1.165, 1.54) is 5.56 Å². The van der Waals surface area contributed by atoms with Crippen LogP contribution < -0.4 is 5.32 Å². The number of aryl methyl sites for hydroxylation is 2. The fourth-order valence-corrected chi connectivity index (χ4v) is 2.02. The van der Waals surface area contributed by atoms with Crippen LogP contribution in [0, 0.1) is 19.7 Å². The molecule has 1 N–H and O–H groups in total. The number of hydrogen-bond acceptors (Lipinski definition) is 1. The molecule has 0 fully saturated rings. The first-order valence-electron chi connectivity index (χ1n) is 5.04. The van der Waals surface area contributed by atoms with Crippen LogP contribution in [0.4, 0.5) is 4.39 Å². The van der Waals surface area contributed by atoms with Gasteiger partial charge in [-0.1, -0.05) is 6.92 Å². The van der Waals surface area contributed by atoms with Gasteiger partial charge >= 0.3 is 0 Å². The first-order chi connectivity index (χ1) is 6.60. The van der Waals surface area contributed by atoms with E-state index in [0.717, 1.165) is 17.5 Å². The SMILES string of the molecule is CCC(NC)c1c(C)cc(F)cc1C. The summed E-state index contributed by atoms with van der Waals surface area (Å²) in [6.07, 6.45) is 1.02. The van der Waals surface area contributed by atoms with Crippen molar-refractivity contribution in [1.82, 2.24) is 5.32 Å². The standard InChI is InChI=1S/C12H18FN/c1-5-11(14-4)12-8(2)6-10(13)7-9(12)3/h6-7,11,14H,5H2,1-4H3. The summed E-state index contributed by atoms with van der Waals surface area (Å²) >= 11 is 0. The van der Waals surface area contributed by atoms with Crippen molar-refractivity contribution in [3.05, 3.63) is 34.6 Å². The predicted molar refractivity (Wildman–Crippen MR) is 58.0 cm³/mol. The molecule has 0 aromatic heterocycles. The molecular weight excluding hydrogens is 177 g/mol. The third-order valence-electron chi connectivity index (χ3n) is 2.66. The van der Waals surface area contributed by atoms with Gasteiger partial charge in [-0.25, -0.2) is 4.39 Å². The summed E-state index contributed by atoms with van der Waals surface area (Å²) in [4.78, 5) is 0. The first-order valence-corrected chi connectivity index (χ1v) is 5.04. The Labute approximate surface area is 85.3 Å². The van der Waals surface area contributed by atoms with Gasteiger partial charge in [0.2, 0.25) is 0 Å². The fraction of sp³-hybridized carbons (Fsp3) is 0.500. The molecule has 0 aliphatic rings. The molecule has 0 amide bonds. The highest BCUT2D eigenvalue weighted by Gasteiger charge is 2.13. The van der Waals surface area contributed by atoms with Crippen molar-refractivity contribution in [3.8, 4) is 0 Å². The van der Waals surface area contributed by atoms with Crippen LogP contribution in [0.15, 0.2) is 12.1 Å². The monoisotopic (exact) mass is 195 g/mol. The van der Waals surface area contributed by atoms with Gasteiger partial charge in [-0.2, -0.15) is 0 Å². The molecule has 0 spiro atoms. The lowest BCUT2D eigenvalue weighted by Gasteiger charge is -2.19. The molecule has 1 rings (SSSR count). The number of hydrogen-bond donors (Lipinski definition) is 1. The number of rotatable bonds is 3. The zero-order valence-electron chi connectivity index (χ0n) is 9.32. The largest absolute Gasteiger partial charge is 0.313 e. The highest BCUT2D eigenvalue weighted by atomic mass is 19.1. The molecule has 1 nitrogen and oxygen atoms in total. The van der Waals surface area contributed by atoms with Crippen LogP contribution in [0.1, 0.15) is 36.1 Å². The summed E-state index contributed by atoms with van der Waals surface area (Å²) in [6, 6.07) is 3.53. The topological polar surface area (TPSA) is 12.0 Å². The number of halogens is 1. The molecule has 0 bridgehead atoms.